The molecule has 22 heavy (non-hydrogen) atoms. The summed E-state index contributed by atoms with van der Waals surface area (Å²) in [6.07, 6.45) is 2.03. The zero-order valence-corrected chi connectivity index (χ0v) is 12.7. The van der Waals surface area contributed by atoms with Gasteiger partial charge in [-0.2, -0.15) is 0 Å². The van der Waals surface area contributed by atoms with Gasteiger partial charge in [-0.3, -0.25) is 10.1 Å². The van der Waals surface area contributed by atoms with Crippen molar-refractivity contribution < 1.29 is 4.92 Å². The molecule has 0 aliphatic carbocycles. The number of aromatic nitrogens is 1. The van der Waals surface area contributed by atoms with Gasteiger partial charge in [0.05, 0.1) is 15.1 Å². The molecule has 1 aromatic heterocycles. The van der Waals surface area contributed by atoms with Crippen molar-refractivity contribution in [2.45, 2.75) is 12.8 Å². The molecular weight excluding hydrogens is 298 g/mol. The van der Waals surface area contributed by atoms with Gasteiger partial charge in [-0.05, 0) is 24.5 Å². The zero-order chi connectivity index (χ0) is 15.4. The Balaban J connectivity index is 1.58. The Morgan fingerprint density at radius 3 is 2.77 bits per heavy atom. The van der Waals surface area contributed by atoms with Gasteiger partial charge < -0.3 is 5.32 Å². The monoisotopic (exact) mass is 313 g/mol. The van der Waals surface area contributed by atoms with Crippen molar-refractivity contribution in [3.8, 4) is 0 Å². The quantitative estimate of drug-likeness (QED) is 0.419. The van der Waals surface area contributed by atoms with Crippen molar-refractivity contribution in [2.75, 3.05) is 11.9 Å². The Kier molecular flexibility index (Phi) is 4.29. The highest BCUT2D eigenvalue weighted by Gasteiger charge is 2.09. The maximum Gasteiger partial charge on any atom is 0.270 e. The van der Waals surface area contributed by atoms with E-state index >= 15 is 0 Å². The fourth-order valence-electron chi connectivity index (χ4n) is 2.23. The zero-order valence-electron chi connectivity index (χ0n) is 11.9. The number of hydrogen-bond acceptors (Lipinski definition) is 5. The molecule has 0 aliphatic heterocycles. The predicted molar refractivity (Wildman–Crippen MR) is 89.5 cm³/mol. The molecule has 0 aliphatic rings. The van der Waals surface area contributed by atoms with E-state index in [1.165, 1.54) is 23.0 Å². The summed E-state index contributed by atoms with van der Waals surface area (Å²) in [4.78, 5) is 14.8. The van der Waals surface area contributed by atoms with Crippen LogP contribution in [-0.4, -0.2) is 16.5 Å². The van der Waals surface area contributed by atoms with Gasteiger partial charge in [-0.15, -0.1) is 0 Å². The van der Waals surface area contributed by atoms with Gasteiger partial charge in [0.2, 0.25) is 0 Å². The molecule has 0 bridgehead atoms. The average molecular weight is 313 g/mol. The molecule has 0 saturated carbocycles. The number of anilines is 1. The first-order valence-electron chi connectivity index (χ1n) is 7.05. The number of nitrogens with one attached hydrogen (secondary N) is 1. The van der Waals surface area contributed by atoms with Gasteiger partial charge in [0.15, 0.2) is 5.13 Å². The van der Waals surface area contributed by atoms with Crippen molar-refractivity contribution >= 4 is 32.4 Å². The number of nitro benzene ring substituents is 1. The summed E-state index contributed by atoms with van der Waals surface area (Å²) in [6.45, 7) is 0.830. The Labute approximate surface area is 131 Å². The minimum atomic E-state index is -0.383. The molecule has 0 spiro atoms. The standard InChI is InChI=1S/C16H15N3O2S/c20-19(21)13-8-9-14-15(11-13)22-16(18-14)17-10-4-7-12-5-2-1-3-6-12/h1-3,5-6,8-9,11H,4,7,10H2,(H,17,18). The normalized spacial score (nSPS) is 10.7. The van der Waals surface area contributed by atoms with Crippen LogP contribution in [0.5, 0.6) is 0 Å². The van der Waals surface area contributed by atoms with Crippen LogP contribution >= 0.6 is 11.3 Å². The molecule has 1 N–H and O–H groups in total. The second-order valence-electron chi connectivity index (χ2n) is 4.94. The lowest BCUT2D eigenvalue weighted by molar-refractivity contribution is -0.384. The van der Waals surface area contributed by atoms with E-state index in [4.69, 9.17) is 0 Å². The summed E-state index contributed by atoms with van der Waals surface area (Å²) in [6, 6.07) is 15.1. The van der Waals surface area contributed by atoms with Gasteiger partial charge in [-0.1, -0.05) is 41.7 Å². The van der Waals surface area contributed by atoms with Crippen molar-refractivity contribution in [3.63, 3.8) is 0 Å². The largest absolute Gasteiger partial charge is 0.361 e. The topological polar surface area (TPSA) is 68.1 Å². The first-order valence-corrected chi connectivity index (χ1v) is 7.87. The van der Waals surface area contributed by atoms with Crippen LogP contribution in [0.3, 0.4) is 0 Å². The molecule has 0 radical (unpaired) electrons. The van der Waals surface area contributed by atoms with Crippen molar-refractivity contribution in [1.82, 2.24) is 4.98 Å². The molecule has 2 aromatic carbocycles. The van der Waals surface area contributed by atoms with Crippen LogP contribution in [0.1, 0.15) is 12.0 Å². The third kappa shape index (κ3) is 3.40. The van der Waals surface area contributed by atoms with Gasteiger partial charge in [-0.25, -0.2) is 4.98 Å². The van der Waals surface area contributed by atoms with Crippen LogP contribution in [0.15, 0.2) is 48.5 Å². The fraction of sp³-hybridized carbons (Fsp3) is 0.188. The van der Waals surface area contributed by atoms with Crippen molar-refractivity contribution in [3.05, 3.63) is 64.2 Å². The summed E-state index contributed by atoms with van der Waals surface area (Å²) in [5.41, 5.74) is 2.22. The fourth-order valence-corrected chi connectivity index (χ4v) is 3.16. The molecule has 0 unspecified atom stereocenters. The predicted octanol–water partition coefficient (Wildman–Crippen LogP) is 4.25. The summed E-state index contributed by atoms with van der Waals surface area (Å²) >= 11 is 1.45. The highest BCUT2D eigenvalue weighted by molar-refractivity contribution is 7.22. The molecule has 0 amide bonds. The highest BCUT2D eigenvalue weighted by Crippen LogP contribution is 2.29. The number of thiazole rings is 1. The first-order chi connectivity index (χ1) is 10.7. The Morgan fingerprint density at radius 1 is 1.18 bits per heavy atom. The summed E-state index contributed by atoms with van der Waals surface area (Å²) in [7, 11) is 0. The Bertz CT molecular complexity index is 786. The highest BCUT2D eigenvalue weighted by atomic mass is 32.1. The van der Waals surface area contributed by atoms with Crippen LogP contribution in [0.2, 0.25) is 0 Å². The number of nitrogens with zero attached hydrogens (tertiary/aromatic N) is 2. The van der Waals surface area contributed by atoms with Crippen molar-refractivity contribution in [2.24, 2.45) is 0 Å². The Morgan fingerprint density at radius 2 is 2.00 bits per heavy atom. The number of hydrogen-bond donors (Lipinski definition) is 1. The second kappa shape index (κ2) is 6.53. The molecule has 0 atom stereocenters. The van der Waals surface area contributed by atoms with Crippen LogP contribution in [-0.2, 0) is 6.42 Å². The molecule has 1 heterocycles. The molecule has 5 nitrogen and oxygen atoms in total. The van der Waals surface area contributed by atoms with Gasteiger partial charge in [0.25, 0.3) is 5.69 Å². The van der Waals surface area contributed by atoms with E-state index in [0.717, 1.165) is 34.7 Å². The SMILES string of the molecule is O=[N+]([O-])c1ccc2nc(NCCCc3ccccc3)sc2c1. The van der Waals surface area contributed by atoms with E-state index < -0.39 is 0 Å². The molecule has 0 fully saturated rings. The van der Waals surface area contributed by atoms with Crippen LogP contribution in [0.25, 0.3) is 10.2 Å². The number of rotatable bonds is 6. The summed E-state index contributed by atoms with van der Waals surface area (Å²) in [5, 5.41) is 14.9. The first kappa shape index (κ1) is 14.5. The number of fused-ring (bicyclic) bond motifs is 1. The number of aryl methyl sites for hydroxylation is 1. The number of benzene rings is 2. The summed E-state index contributed by atoms with van der Waals surface area (Å²) < 4.78 is 0.833. The Hall–Kier alpha value is -2.47. The van der Waals surface area contributed by atoms with E-state index in [0.29, 0.717) is 0 Å². The van der Waals surface area contributed by atoms with Gasteiger partial charge >= 0.3 is 0 Å². The smallest absolute Gasteiger partial charge is 0.270 e. The molecule has 6 heteroatoms. The van der Waals surface area contributed by atoms with Crippen LogP contribution in [0.4, 0.5) is 10.8 Å². The van der Waals surface area contributed by atoms with E-state index in [-0.39, 0.29) is 10.6 Å². The van der Waals surface area contributed by atoms with E-state index in [1.54, 1.807) is 12.1 Å². The van der Waals surface area contributed by atoms with Crippen LogP contribution in [0, 0.1) is 10.1 Å². The molecule has 3 rings (SSSR count). The lowest BCUT2D eigenvalue weighted by Crippen LogP contribution is -2.02. The van der Waals surface area contributed by atoms with E-state index in [2.05, 4.69) is 22.4 Å². The van der Waals surface area contributed by atoms with E-state index in [9.17, 15) is 10.1 Å². The van der Waals surface area contributed by atoms with Gasteiger partial charge in [0, 0.05) is 18.7 Å². The lowest BCUT2D eigenvalue weighted by Gasteiger charge is -2.02. The number of nitro groups is 1. The van der Waals surface area contributed by atoms with Crippen molar-refractivity contribution in [1.29, 1.82) is 0 Å². The number of non-ortho nitro benzene ring substituents is 1. The minimum absolute atomic E-state index is 0.103. The second-order valence-corrected chi connectivity index (χ2v) is 5.97. The molecule has 112 valence electrons. The molecule has 3 aromatic rings. The average Bonchev–Trinajstić information content (AvgIpc) is 2.94. The van der Waals surface area contributed by atoms with Crippen LogP contribution < -0.4 is 5.32 Å². The molecule has 0 saturated heterocycles. The molecular formula is C16H15N3O2S. The third-order valence-corrected chi connectivity index (χ3v) is 4.32. The maximum absolute atomic E-state index is 10.8. The minimum Gasteiger partial charge on any atom is -0.361 e. The summed E-state index contributed by atoms with van der Waals surface area (Å²) in [5.74, 6) is 0. The van der Waals surface area contributed by atoms with Gasteiger partial charge in [0.1, 0.15) is 0 Å². The third-order valence-electron chi connectivity index (χ3n) is 3.34. The maximum atomic E-state index is 10.8. The van der Waals surface area contributed by atoms with E-state index in [1.807, 2.05) is 18.2 Å². The lowest BCUT2D eigenvalue weighted by atomic mass is 10.1.